The van der Waals surface area contributed by atoms with Crippen molar-refractivity contribution in [1.82, 2.24) is 5.06 Å². The van der Waals surface area contributed by atoms with Crippen LogP contribution in [0.5, 0.6) is 0 Å². The Balaban J connectivity index is 2.99. The van der Waals surface area contributed by atoms with Gasteiger partial charge >= 0.3 is 0 Å². The molecule has 0 radical (unpaired) electrons. The predicted octanol–water partition coefficient (Wildman–Crippen LogP) is 2.26. The van der Waals surface area contributed by atoms with E-state index in [1.165, 1.54) is 12.2 Å². The van der Waals surface area contributed by atoms with Crippen LogP contribution in [-0.4, -0.2) is 36.1 Å². The first kappa shape index (κ1) is 16.0. The minimum absolute atomic E-state index is 0.138. The summed E-state index contributed by atoms with van der Waals surface area (Å²) in [6.07, 6.45) is -0.684. The highest BCUT2D eigenvalue weighted by Crippen LogP contribution is 2.27. The van der Waals surface area contributed by atoms with Crippen LogP contribution in [0.2, 0.25) is 0 Å². The van der Waals surface area contributed by atoms with Gasteiger partial charge in [0.15, 0.2) is 0 Å². The van der Waals surface area contributed by atoms with Gasteiger partial charge in [0.2, 0.25) is 0 Å². The number of nitrogens with zero attached hydrogens (tertiary/aromatic N) is 1. The van der Waals surface area contributed by atoms with Gasteiger partial charge in [0.1, 0.15) is 0 Å². The molecule has 19 heavy (non-hydrogen) atoms. The van der Waals surface area contributed by atoms with Crippen molar-refractivity contribution in [1.29, 1.82) is 0 Å². The van der Waals surface area contributed by atoms with E-state index in [0.717, 1.165) is 11.1 Å². The number of aliphatic hydroxyl groups is 1. The monoisotopic (exact) mass is 285 g/mol. The number of alkyl halides is 1. The topological polar surface area (TPSA) is 49.8 Å². The molecule has 0 aliphatic carbocycles. The first-order chi connectivity index (χ1) is 8.84. The van der Waals surface area contributed by atoms with Crippen molar-refractivity contribution in [2.24, 2.45) is 0 Å². The van der Waals surface area contributed by atoms with E-state index in [4.69, 9.17) is 16.4 Å². The van der Waals surface area contributed by atoms with Crippen LogP contribution in [0.1, 0.15) is 31.1 Å². The van der Waals surface area contributed by atoms with E-state index in [9.17, 15) is 9.90 Å². The zero-order valence-corrected chi connectivity index (χ0v) is 12.4. The number of carbonyl (C=O) groups excluding carboxylic acids is 1. The summed E-state index contributed by atoms with van der Waals surface area (Å²) < 4.78 is 0. The van der Waals surface area contributed by atoms with E-state index in [2.05, 4.69) is 0 Å². The number of benzene rings is 1. The second-order valence-electron chi connectivity index (χ2n) is 4.90. The van der Waals surface area contributed by atoms with Gasteiger partial charge in [0, 0.05) is 7.05 Å². The first-order valence-electron chi connectivity index (χ1n) is 6.01. The Morgan fingerprint density at radius 3 is 2.37 bits per heavy atom. The molecule has 0 saturated carbocycles. The highest BCUT2D eigenvalue weighted by molar-refractivity contribution is 6.18. The number of hydrogen-bond acceptors (Lipinski definition) is 3. The molecule has 5 heteroatoms. The van der Waals surface area contributed by atoms with Crippen molar-refractivity contribution >= 4 is 17.5 Å². The SMILES string of the molecule is CON(C)C(=O)C(C)(C)c1ccc(C(O)CCl)cc1. The number of halogens is 1. The average Bonchev–Trinajstić information content (AvgIpc) is 2.44. The van der Waals surface area contributed by atoms with Gasteiger partial charge in [-0.05, 0) is 25.0 Å². The Bertz CT molecular complexity index is 431. The molecule has 1 aromatic carbocycles. The van der Waals surface area contributed by atoms with Crippen molar-refractivity contribution in [3.8, 4) is 0 Å². The maximum absolute atomic E-state index is 12.2. The molecule has 0 aliphatic heterocycles. The minimum Gasteiger partial charge on any atom is -0.387 e. The number of carbonyl (C=O) groups is 1. The van der Waals surface area contributed by atoms with Gasteiger partial charge in [-0.25, -0.2) is 5.06 Å². The Labute approximate surface area is 118 Å². The zero-order chi connectivity index (χ0) is 14.6. The molecule has 0 aliphatic rings. The van der Waals surface area contributed by atoms with Gasteiger partial charge in [0.05, 0.1) is 24.5 Å². The molecule has 0 saturated heterocycles. The summed E-state index contributed by atoms with van der Waals surface area (Å²) in [6, 6.07) is 7.22. The smallest absolute Gasteiger partial charge is 0.255 e. The van der Waals surface area contributed by atoms with Gasteiger partial charge in [-0.2, -0.15) is 0 Å². The Morgan fingerprint density at radius 2 is 1.95 bits per heavy atom. The van der Waals surface area contributed by atoms with Crippen LogP contribution in [0.4, 0.5) is 0 Å². The average molecular weight is 286 g/mol. The molecule has 0 fully saturated rings. The van der Waals surface area contributed by atoms with Crippen LogP contribution >= 0.6 is 11.6 Å². The number of aliphatic hydroxyl groups excluding tert-OH is 1. The van der Waals surface area contributed by atoms with E-state index >= 15 is 0 Å². The molecule has 0 spiro atoms. The van der Waals surface area contributed by atoms with Crippen LogP contribution in [0, 0.1) is 0 Å². The van der Waals surface area contributed by atoms with Crippen LogP contribution in [0.15, 0.2) is 24.3 Å². The number of rotatable bonds is 5. The third-order valence-electron chi connectivity index (χ3n) is 3.26. The number of hydrogen-bond donors (Lipinski definition) is 1. The van der Waals surface area contributed by atoms with Crippen molar-refractivity contribution in [3.05, 3.63) is 35.4 Å². The fraction of sp³-hybridized carbons (Fsp3) is 0.500. The Hall–Kier alpha value is -1.10. The summed E-state index contributed by atoms with van der Waals surface area (Å²) in [6.45, 7) is 3.66. The van der Waals surface area contributed by atoms with E-state index < -0.39 is 11.5 Å². The van der Waals surface area contributed by atoms with E-state index in [0.29, 0.717) is 0 Å². The number of amides is 1. The molecule has 1 unspecified atom stereocenters. The molecule has 0 heterocycles. The molecule has 0 bridgehead atoms. The standard InChI is InChI=1S/C14H20ClNO3/c1-14(2,13(18)16(3)19-4)11-7-5-10(6-8-11)12(17)9-15/h5-8,12,17H,9H2,1-4H3. The van der Waals surface area contributed by atoms with Crippen LogP contribution in [-0.2, 0) is 15.0 Å². The van der Waals surface area contributed by atoms with Crippen molar-refractivity contribution in [3.63, 3.8) is 0 Å². The zero-order valence-electron chi connectivity index (χ0n) is 11.7. The molecule has 1 N–H and O–H groups in total. The van der Waals surface area contributed by atoms with Crippen molar-refractivity contribution < 1.29 is 14.7 Å². The van der Waals surface area contributed by atoms with Gasteiger partial charge < -0.3 is 5.11 Å². The fourth-order valence-corrected chi connectivity index (χ4v) is 1.99. The number of likely N-dealkylation sites (N-methyl/N-ethyl adjacent to an activating group) is 1. The van der Waals surface area contributed by atoms with Gasteiger partial charge in [-0.3, -0.25) is 9.63 Å². The molecule has 1 rings (SSSR count). The molecule has 1 atom stereocenters. The van der Waals surface area contributed by atoms with E-state index in [-0.39, 0.29) is 11.8 Å². The molecular weight excluding hydrogens is 266 g/mol. The summed E-state index contributed by atoms with van der Waals surface area (Å²) in [5.41, 5.74) is 0.892. The van der Waals surface area contributed by atoms with Gasteiger partial charge in [-0.15, -0.1) is 11.6 Å². The summed E-state index contributed by atoms with van der Waals surface area (Å²) in [5.74, 6) is 0.00861. The third kappa shape index (κ3) is 3.47. The third-order valence-corrected chi connectivity index (χ3v) is 3.55. The van der Waals surface area contributed by atoms with E-state index in [1.54, 1.807) is 19.2 Å². The van der Waals surface area contributed by atoms with Gasteiger partial charge in [0.25, 0.3) is 5.91 Å². The lowest BCUT2D eigenvalue weighted by Gasteiger charge is -2.28. The summed E-state index contributed by atoms with van der Waals surface area (Å²) >= 11 is 5.60. The highest BCUT2D eigenvalue weighted by Gasteiger charge is 2.32. The lowest BCUT2D eigenvalue weighted by atomic mass is 9.83. The van der Waals surface area contributed by atoms with E-state index in [1.807, 2.05) is 26.0 Å². The largest absolute Gasteiger partial charge is 0.387 e. The highest BCUT2D eigenvalue weighted by atomic mass is 35.5. The molecule has 106 valence electrons. The predicted molar refractivity (Wildman–Crippen MR) is 74.9 cm³/mol. The normalized spacial score (nSPS) is 13.2. The van der Waals surface area contributed by atoms with Crippen molar-refractivity contribution in [2.75, 3.05) is 20.0 Å². The first-order valence-corrected chi connectivity index (χ1v) is 6.54. The van der Waals surface area contributed by atoms with Crippen LogP contribution in [0.3, 0.4) is 0 Å². The molecule has 1 amide bonds. The summed E-state index contributed by atoms with van der Waals surface area (Å²) in [5, 5.41) is 10.8. The summed E-state index contributed by atoms with van der Waals surface area (Å²) in [7, 11) is 3.03. The molecule has 0 aromatic heterocycles. The molecular formula is C14H20ClNO3. The van der Waals surface area contributed by atoms with Crippen molar-refractivity contribution in [2.45, 2.75) is 25.4 Å². The van der Waals surface area contributed by atoms with Gasteiger partial charge in [-0.1, -0.05) is 24.3 Å². The maximum atomic E-state index is 12.2. The minimum atomic E-state index is -0.699. The Kier molecular flexibility index (Phi) is 5.35. The molecule has 4 nitrogen and oxygen atoms in total. The lowest BCUT2D eigenvalue weighted by molar-refractivity contribution is -0.174. The fourth-order valence-electron chi connectivity index (χ4n) is 1.81. The Morgan fingerprint density at radius 1 is 1.42 bits per heavy atom. The van der Waals surface area contributed by atoms with Crippen LogP contribution in [0.25, 0.3) is 0 Å². The maximum Gasteiger partial charge on any atom is 0.255 e. The quantitative estimate of drug-likeness (QED) is 0.667. The summed E-state index contributed by atoms with van der Waals surface area (Å²) in [4.78, 5) is 17.1. The second kappa shape index (κ2) is 6.37. The lowest BCUT2D eigenvalue weighted by Crippen LogP contribution is -2.40. The van der Waals surface area contributed by atoms with Crippen LogP contribution < -0.4 is 0 Å². The second-order valence-corrected chi connectivity index (χ2v) is 5.21. The molecule has 1 aromatic rings. The number of hydroxylamine groups is 2.